The van der Waals surface area contributed by atoms with Crippen LogP contribution in [0.5, 0.6) is 5.75 Å². The van der Waals surface area contributed by atoms with Gasteiger partial charge in [0.15, 0.2) is 0 Å². The van der Waals surface area contributed by atoms with Crippen molar-refractivity contribution in [1.29, 1.82) is 0 Å². The molecule has 1 atom stereocenters. The summed E-state index contributed by atoms with van der Waals surface area (Å²) in [5.74, 6) is 0.373. The smallest absolute Gasteiger partial charge is 0.237 e. The molecule has 2 amide bonds. The largest absolute Gasteiger partial charge is 0.495 e. The van der Waals surface area contributed by atoms with E-state index in [0.717, 1.165) is 5.56 Å². The highest BCUT2D eigenvalue weighted by Crippen LogP contribution is 2.24. The summed E-state index contributed by atoms with van der Waals surface area (Å²) in [6, 6.07) is 12.5. The van der Waals surface area contributed by atoms with Gasteiger partial charge in [-0.15, -0.1) is 11.8 Å². The van der Waals surface area contributed by atoms with Gasteiger partial charge >= 0.3 is 0 Å². The molecule has 0 aliphatic carbocycles. The Balaban J connectivity index is 1.87. The maximum absolute atomic E-state index is 12.3. The van der Waals surface area contributed by atoms with Gasteiger partial charge in [-0.2, -0.15) is 0 Å². The van der Waals surface area contributed by atoms with E-state index in [1.165, 1.54) is 11.8 Å². The summed E-state index contributed by atoms with van der Waals surface area (Å²) in [6.07, 6.45) is 0. The van der Waals surface area contributed by atoms with Crippen molar-refractivity contribution in [3.05, 3.63) is 53.1 Å². The monoisotopic (exact) mass is 392 g/mol. The summed E-state index contributed by atoms with van der Waals surface area (Å²) < 4.78 is 5.20. The standard InChI is InChI=1S/C19H21ClN2O3S/c1-12-8-9-14(20)10-16(12)22-19(24)13(2)26-11-18(23)21-15-6-4-5-7-17(15)25-3/h4-10,13H,11H2,1-3H3,(H,21,23)(H,22,24)/t13-/m0/s1. The molecular formula is C19H21ClN2O3S. The summed E-state index contributed by atoms with van der Waals surface area (Å²) in [6.45, 7) is 3.65. The second kappa shape index (κ2) is 9.50. The Labute approximate surface area is 162 Å². The molecular weight excluding hydrogens is 372 g/mol. The van der Waals surface area contributed by atoms with Gasteiger partial charge in [-0.25, -0.2) is 0 Å². The zero-order chi connectivity index (χ0) is 19.1. The molecule has 0 saturated carbocycles. The first kappa shape index (κ1) is 20.1. The van der Waals surface area contributed by atoms with E-state index in [0.29, 0.717) is 22.1 Å². The lowest BCUT2D eigenvalue weighted by atomic mass is 10.2. The van der Waals surface area contributed by atoms with Crippen LogP contribution in [-0.2, 0) is 9.59 Å². The van der Waals surface area contributed by atoms with Crippen LogP contribution in [0.3, 0.4) is 0 Å². The fourth-order valence-corrected chi connectivity index (χ4v) is 3.03. The van der Waals surface area contributed by atoms with E-state index >= 15 is 0 Å². The molecule has 0 radical (unpaired) electrons. The van der Waals surface area contributed by atoms with E-state index in [-0.39, 0.29) is 17.6 Å². The Kier molecular flexibility index (Phi) is 7.36. The Bertz CT molecular complexity index is 798. The third-order valence-corrected chi connectivity index (χ3v) is 5.05. The molecule has 0 aliphatic heterocycles. The molecule has 2 aromatic rings. The van der Waals surface area contributed by atoms with Gasteiger partial charge in [0.2, 0.25) is 11.8 Å². The van der Waals surface area contributed by atoms with Crippen molar-refractivity contribution >= 4 is 46.6 Å². The number of amides is 2. The molecule has 138 valence electrons. The van der Waals surface area contributed by atoms with E-state index in [4.69, 9.17) is 16.3 Å². The number of rotatable bonds is 7. The van der Waals surface area contributed by atoms with E-state index in [9.17, 15) is 9.59 Å². The van der Waals surface area contributed by atoms with Crippen LogP contribution in [0.4, 0.5) is 11.4 Å². The number of methoxy groups -OCH3 is 1. The Morgan fingerprint density at radius 3 is 2.62 bits per heavy atom. The molecule has 7 heteroatoms. The maximum Gasteiger partial charge on any atom is 0.237 e. The highest BCUT2D eigenvalue weighted by molar-refractivity contribution is 8.01. The van der Waals surface area contributed by atoms with Crippen molar-refractivity contribution in [2.75, 3.05) is 23.5 Å². The average Bonchev–Trinajstić information content (AvgIpc) is 2.63. The molecule has 26 heavy (non-hydrogen) atoms. The maximum atomic E-state index is 12.3. The number of hydrogen-bond donors (Lipinski definition) is 2. The van der Waals surface area contributed by atoms with Gasteiger partial charge in [0.1, 0.15) is 5.75 Å². The van der Waals surface area contributed by atoms with Crippen LogP contribution < -0.4 is 15.4 Å². The summed E-state index contributed by atoms with van der Waals surface area (Å²) in [7, 11) is 1.55. The van der Waals surface area contributed by atoms with Gasteiger partial charge in [0, 0.05) is 10.7 Å². The van der Waals surface area contributed by atoms with Crippen molar-refractivity contribution in [3.8, 4) is 5.75 Å². The molecule has 0 unspecified atom stereocenters. The van der Waals surface area contributed by atoms with Gasteiger partial charge in [0.05, 0.1) is 23.8 Å². The molecule has 2 aromatic carbocycles. The van der Waals surface area contributed by atoms with E-state index in [2.05, 4.69) is 10.6 Å². The number of para-hydroxylation sites is 2. The van der Waals surface area contributed by atoms with Gasteiger partial charge in [-0.05, 0) is 43.7 Å². The van der Waals surface area contributed by atoms with Crippen LogP contribution in [0.25, 0.3) is 0 Å². The molecule has 0 saturated heterocycles. The number of thioether (sulfide) groups is 1. The fraction of sp³-hybridized carbons (Fsp3) is 0.263. The van der Waals surface area contributed by atoms with E-state index < -0.39 is 5.25 Å². The number of aryl methyl sites for hydroxylation is 1. The summed E-state index contributed by atoms with van der Waals surface area (Å²) in [5, 5.41) is 5.80. The number of halogens is 1. The second-order valence-electron chi connectivity index (χ2n) is 5.65. The minimum absolute atomic E-state index is 0.154. The van der Waals surface area contributed by atoms with Crippen molar-refractivity contribution < 1.29 is 14.3 Å². The van der Waals surface area contributed by atoms with Crippen LogP contribution in [0.15, 0.2) is 42.5 Å². The second-order valence-corrected chi connectivity index (χ2v) is 7.42. The van der Waals surface area contributed by atoms with Gasteiger partial charge in [-0.3, -0.25) is 9.59 Å². The Morgan fingerprint density at radius 1 is 1.15 bits per heavy atom. The average molecular weight is 393 g/mol. The number of carbonyl (C=O) groups is 2. The first-order valence-corrected chi connectivity index (χ1v) is 9.45. The topological polar surface area (TPSA) is 67.4 Å². The summed E-state index contributed by atoms with van der Waals surface area (Å²) in [5.41, 5.74) is 2.20. The molecule has 2 N–H and O–H groups in total. The minimum atomic E-state index is -0.392. The van der Waals surface area contributed by atoms with E-state index in [1.807, 2.05) is 25.1 Å². The van der Waals surface area contributed by atoms with Crippen molar-refractivity contribution in [2.24, 2.45) is 0 Å². The molecule has 0 fully saturated rings. The summed E-state index contributed by atoms with van der Waals surface area (Å²) in [4.78, 5) is 24.4. The number of nitrogens with one attached hydrogen (secondary N) is 2. The Hall–Kier alpha value is -2.18. The van der Waals surface area contributed by atoms with Gasteiger partial charge in [0.25, 0.3) is 0 Å². The SMILES string of the molecule is COc1ccccc1NC(=O)CS[C@@H](C)C(=O)Nc1cc(Cl)ccc1C. The van der Waals surface area contributed by atoms with Gasteiger partial charge < -0.3 is 15.4 Å². The van der Waals surface area contributed by atoms with Crippen LogP contribution in [-0.4, -0.2) is 29.9 Å². The normalized spacial score (nSPS) is 11.5. The minimum Gasteiger partial charge on any atom is -0.495 e. The molecule has 0 aromatic heterocycles. The van der Waals surface area contributed by atoms with Gasteiger partial charge in [-0.1, -0.05) is 29.8 Å². The zero-order valence-corrected chi connectivity index (χ0v) is 16.4. The summed E-state index contributed by atoms with van der Waals surface area (Å²) >= 11 is 7.22. The van der Waals surface area contributed by atoms with E-state index in [1.54, 1.807) is 38.3 Å². The number of anilines is 2. The molecule has 0 heterocycles. The lowest BCUT2D eigenvalue weighted by Gasteiger charge is -2.14. The van der Waals surface area contributed by atoms with Crippen molar-refractivity contribution in [2.45, 2.75) is 19.1 Å². The molecule has 5 nitrogen and oxygen atoms in total. The zero-order valence-electron chi connectivity index (χ0n) is 14.8. The number of hydrogen-bond acceptors (Lipinski definition) is 4. The number of benzene rings is 2. The number of ether oxygens (including phenoxy) is 1. The highest BCUT2D eigenvalue weighted by Gasteiger charge is 2.17. The fourth-order valence-electron chi connectivity index (χ4n) is 2.17. The highest BCUT2D eigenvalue weighted by atomic mass is 35.5. The predicted octanol–water partition coefficient (Wildman–Crippen LogP) is 4.36. The van der Waals surface area contributed by atoms with Crippen LogP contribution in [0.2, 0.25) is 5.02 Å². The molecule has 0 spiro atoms. The molecule has 0 bridgehead atoms. The third-order valence-electron chi connectivity index (χ3n) is 3.67. The quantitative estimate of drug-likeness (QED) is 0.734. The third kappa shape index (κ3) is 5.68. The predicted molar refractivity (Wildman–Crippen MR) is 108 cm³/mol. The molecule has 2 rings (SSSR count). The first-order chi connectivity index (χ1) is 12.4. The lowest BCUT2D eigenvalue weighted by Crippen LogP contribution is -2.25. The van der Waals surface area contributed by atoms with Crippen molar-refractivity contribution in [1.82, 2.24) is 0 Å². The Morgan fingerprint density at radius 2 is 1.88 bits per heavy atom. The van der Waals surface area contributed by atoms with Crippen molar-refractivity contribution in [3.63, 3.8) is 0 Å². The first-order valence-electron chi connectivity index (χ1n) is 8.02. The number of carbonyl (C=O) groups excluding carboxylic acids is 2. The van der Waals surface area contributed by atoms with Crippen LogP contribution >= 0.6 is 23.4 Å². The van der Waals surface area contributed by atoms with Crippen LogP contribution in [0, 0.1) is 6.92 Å². The van der Waals surface area contributed by atoms with Crippen LogP contribution in [0.1, 0.15) is 12.5 Å². The molecule has 0 aliphatic rings. The lowest BCUT2D eigenvalue weighted by molar-refractivity contribution is -0.115.